The summed E-state index contributed by atoms with van der Waals surface area (Å²) in [5.41, 5.74) is 4.69. The number of nitrogens with zero attached hydrogens (tertiary/aromatic N) is 2. The second-order valence-corrected chi connectivity index (χ2v) is 13.2. The van der Waals surface area contributed by atoms with Crippen LogP contribution in [-0.2, 0) is 29.4 Å². The van der Waals surface area contributed by atoms with Crippen molar-refractivity contribution in [3.63, 3.8) is 0 Å². The molecule has 0 radical (unpaired) electrons. The predicted octanol–water partition coefficient (Wildman–Crippen LogP) is 4.56. The van der Waals surface area contributed by atoms with Crippen molar-refractivity contribution in [3.05, 3.63) is 101 Å². The molecule has 0 spiro atoms. The predicted molar refractivity (Wildman–Crippen MR) is 177 cm³/mol. The summed E-state index contributed by atoms with van der Waals surface area (Å²) in [5.74, 6) is -7.09. The molecule has 0 aromatic heterocycles. The Bertz CT molecular complexity index is 1890. The number of carboxylic acids is 1. The molecule has 6 unspecified atom stereocenters. The smallest absolute Gasteiger partial charge is 0.305 e. The van der Waals surface area contributed by atoms with Crippen LogP contribution in [0.25, 0.3) is 0 Å². The number of phenols is 1. The van der Waals surface area contributed by atoms with E-state index in [2.05, 4.69) is 5.43 Å². The molecular weight excluding hydrogens is 626 g/mol. The number of allylic oxidation sites excluding steroid dienone is 2. The lowest BCUT2D eigenvalue weighted by molar-refractivity contribution is -0.143. The Labute approximate surface area is 283 Å². The van der Waals surface area contributed by atoms with Gasteiger partial charge < -0.3 is 14.9 Å². The molecule has 4 amide bonds. The molecular formula is C38H37N3O8. The largest absolute Gasteiger partial charge is 0.504 e. The first-order valence-electron chi connectivity index (χ1n) is 16.6. The van der Waals surface area contributed by atoms with Crippen molar-refractivity contribution in [3.8, 4) is 11.5 Å². The molecule has 1 saturated carbocycles. The minimum absolute atomic E-state index is 0.0900. The van der Waals surface area contributed by atoms with Crippen LogP contribution in [-0.4, -0.2) is 62.9 Å². The number of carboxylic acid groups (broad SMARTS) is 1. The number of fused-ring (bicyclic) bond motifs is 4. The van der Waals surface area contributed by atoms with Gasteiger partial charge in [-0.25, -0.2) is 0 Å². The fourth-order valence-electron chi connectivity index (χ4n) is 8.63. The van der Waals surface area contributed by atoms with Gasteiger partial charge in [-0.2, -0.15) is 5.01 Å². The van der Waals surface area contributed by atoms with Crippen molar-refractivity contribution < 1.29 is 38.9 Å². The summed E-state index contributed by atoms with van der Waals surface area (Å²) in [7, 11) is 0. The third-order valence-electron chi connectivity index (χ3n) is 10.7. The normalized spacial score (nSPS) is 27.4. The van der Waals surface area contributed by atoms with E-state index in [1.165, 1.54) is 0 Å². The van der Waals surface area contributed by atoms with E-state index in [-0.39, 0.29) is 43.9 Å². The molecule has 2 heterocycles. The number of anilines is 1. The molecule has 2 aliphatic heterocycles. The van der Waals surface area contributed by atoms with Gasteiger partial charge in [0.1, 0.15) is 0 Å². The van der Waals surface area contributed by atoms with Crippen LogP contribution in [0.15, 0.2) is 84.4 Å². The van der Waals surface area contributed by atoms with Gasteiger partial charge in [0.2, 0.25) is 11.8 Å². The van der Waals surface area contributed by atoms with Gasteiger partial charge in [-0.3, -0.25) is 34.3 Å². The van der Waals surface area contributed by atoms with Gasteiger partial charge in [-0.15, -0.1) is 0 Å². The summed E-state index contributed by atoms with van der Waals surface area (Å²) >= 11 is 0. The Morgan fingerprint density at radius 1 is 0.939 bits per heavy atom. The van der Waals surface area contributed by atoms with Gasteiger partial charge in [0, 0.05) is 18.0 Å². The minimum Gasteiger partial charge on any atom is -0.504 e. The van der Waals surface area contributed by atoms with Crippen molar-refractivity contribution >= 4 is 35.3 Å². The van der Waals surface area contributed by atoms with E-state index in [9.17, 15) is 29.4 Å². The van der Waals surface area contributed by atoms with Crippen LogP contribution < -0.4 is 10.2 Å². The Kier molecular flexibility index (Phi) is 8.01. The number of likely N-dealkylation sites (tertiary alicyclic amines) is 1. The third kappa shape index (κ3) is 4.90. The van der Waals surface area contributed by atoms with Crippen LogP contribution in [0.5, 0.6) is 11.5 Å². The van der Waals surface area contributed by atoms with E-state index in [1.54, 1.807) is 49.4 Å². The fourth-order valence-corrected chi connectivity index (χ4v) is 8.63. The Morgan fingerprint density at radius 3 is 2.37 bits per heavy atom. The number of para-hydroxylation sites is 1. The molecule has 11 heteroatoms. The van der Waals surface area contributed by atoms with E-state index in [0.29, 0.717) is 22.4 Å². The van der Waals surface area contributed by atoms with Gasteiger partial charge in [0.15, 0.2) is 11.5 Å². The summed E-state index contributed by atoms with van der Waals surface area (Å²) in [6.07, 6.45) is 1.79. The van der Waals surface area contributed by atoms with E-state index in [1.807, 2.05) is 43.3 Å². The van der Waals surface area contributed by atoms with Crippen molar-refractivity contribution in [1.29, 1.82) is 0 Å². The topological polar surface area (TPSA) is 154 Å². The number of carbonyl (C=O) groups is 5. The SMILES string of the molecule is CCOc1cccc(C2C3=CCC4C(=O)N(CCC(=O)O)C(=O)C4C3CC3C(=O)N(Nc4ccc(C)cc4)C(=O)C32c2ccccc2)c1O. The quantitative estimate of drug-likeness (QED) is 0.221. The zero-order chi connectivity index (χ0) is 34.6. The molecule has 7 rings (SSSR count). The van der Waals surface area contributed by atoms with Crippen LogP contribution in [0.1, 0.15) is 48.8 Å². The first kappa shape index (κ1) is 32.1. The van der Waals surface area contributed by atoms with Gasteiger partial charge in [-0.05, 0) is 56.4 Å². The number of hydrogen-bond acceptors (Lipinski definition) is 8. The fraction of sp³-hybridized carbons (Fsp3) is 0.342. The van der Waals surface area contributed by atoms with Crippen LogP contribution in [0.3, 0.4) is 0 Å². The standard InChI is InChI=1S/C38H37N3O8/c1-3-49-29-11-7-10-26(33(29)44)32-24-16-17-25-31(36(47)40(34(25)45)19-18-30(42)43)27(24)20-28-35(46)41(39-23-14-12-21(2)13-15-23)37(48)38(28,32)22-8-5-4-6-9-22/h4-16,25,27-28,31-32,39,44H,3,17-20H2,1-2H3,(H,42,43). The zero-order valence-electron chi connectivity index (χ0n) is 27.2. The summed E-state index contributed by atoms with van der Waals surface area (Å²) in [6, 6.07) is 21.4. The van der Waals surface area contributed by atoms with Crippen molar-refractivity contribution in [1.82, 2.24) is 9.91 Å². The van der Waals surface area contributed by atoms with E-state index in [0.717, 1.165) is 15.5 Å². The number of hydrazine groups is 1. The first-order chi connectivity index (χ1) is 23.6. The molecule has 3 aromatic rings. The molecule has 3 N–H and O–H groups in total. The Morgan fingerprint density at radius 2 is 1.67 bits per heavy atom. The van der Waals surface area contributed by atoms with Gasteiger partial charge in [0.25, 0.3) is 11.8 Å². The second-order valence-electron chi connectivity index (χ2n) is 13.2. The number of aryl methyl sites for hydroxylation is 1. The Hall–Kier alpha value is -5.45. The maximum atomic E-state index is 15.2. The monoisotopic (exact) mass is 663 g/mol. The van der Waals surface area contributed by atoms with E-state index < -0.39 is 64.6 Å². The average Bonchev–Trinajstić information content (AvgIpc) is 3.46. The van der Waals surface area contributed by atoms with Crippen molar-refractivity contribution in [2.75, 3.05) is 18.6 Å². The van der Waals surface area contributed by atoms with Gasteiger partial charge in [0.05, 0.1) is 41.9 Å². The highest BCUT2D eigenvalue weighted by Gasteiger charge is 2.70. The Balaban J connectivity index is 1.44. The van der Waals surface area contributed by atoms with Gasteiger partial charge >= 0.3 is 5.97 Å². The van der Waals surface area contributed by atoms with Crippen LogP contribution >= 0.6 is 0 Å². The van der Waals surface area contributed by atoms with Crippen LogP contribution in [0.4, 0.5) is 5.69 Å². The molecule has 11 nitrogen and oxygen atoms in total. The number of rotatable bonds is 9. The number of hydrogen-bond donors (Lipinski definition) is 3. The lowest BCUT2D eigenvalue weighted by Gasteiger charge is -2.50. The van der Waals surface area contributed by atoms with Crippen molar-refractivity contribution in [2.45, 2.75) is 44.4 Å². The second kappa shape index (κ2) is 12.2. The molecule has 49 heavy (non-hydrogen) atoms. The van der Waals surface area contributed by atoms with Crippen LogP contribution in [0.2, 0.25) is 0 Å². The summed E-state index contributed by atoms with van der Waals surface area (Å²) in [5, 5.41) is 22.2. The summed E-state index contributed by atoms with van der Waals surface area (Å²) in [6.45, 7) is 3.76. The molecule has 252 valence electrons. The number of amides is 4. The number of phenolic OH excluding ortho intramolecular Hbond substituents is 1. The number of aliphatic carboxylic acids is 1. The minimum atomic E-state index is -1.54. The highest BCUT2D eigenvalue weighted by Crippen LogP contribution is 2.65. The third-order valence-corrected chi connectivity index (χ3v) is 10.7. The van der Waals surface area contributed by atoms with E-state index >= 15 is 4.79 Å². The zero-order valence-corrected chi connectivity index (χ0v) is 27.2. The highest BCUT2D eigenvalue weighted by molar-refractivity contribution is 6.13. The number of benzene rings is 3. The number of nitrogens with one attached hydrogen (secondary N) is 1. The van der Waals surface area contributed by atoms with Crippen molar-refractivity contribution in [2.24, 2.45) is 23.7 Å². The number of aromatic hydroxyl groups is 1. The number of ether oxygens (including phenoxy) is 1. The lowest BCUT2D eigenvalue weighted by atomic mass is 9.49. The first-order valence-corrected chi connectivity index (χ1v) is 16.6. The summed E-state index contributed by atoms with van der Waals surface area (Å²) in [4.78, 5) is 69.9. The van der Waals surface area contributed by atoms with E-state index in [4.69, 9.17) is 4.74 Å². The van der Waals surface area contributed by atoms with Crippen LogP contribution in [0, 0.1) is 30.6 Å². The number of imide groups is 2. The molecule has 3 aromatic carbocycles. The molecule has 4 aliphatic rings. The highest BCUT2D eigenvalue weighted by atomic mass is 16.5. The lowest BCUT2D eigenvalue weighted by Crippen LogP contribution is -2.53. The maximum Gasteiger partial charge on any atom is 0.305 e. The number of carbonyl (C=O) groups excluding carboxylic acids is 4. The molecule has 6 atom stereocenters. The molecule has 0 bridgehead atoms. The van der Waals surface area contributed by atoms with Gasteiger partial charge in [-0.1, -0.05) is 71.8 Å². The summed E-state index contributed by atoms with van der Waals surface area (Å²) < 4.78 is 5.78. The molecule has 2 saturated heterocycles. The molecule has 2 aliphatic carbocycles. The maximum absolute atomic E-state index is 15.2. The molecule has 3 fully saturated rings. The average molecular weight is 664 g/mol.